The molecule has 7 heteroatoms. The van der Waals surface area contributed by atoms with Crippen LogP contribution in [0.5, 0.6) is 0 Å². The number of aromatic nitrogens is 2. The van der Waals surface area contributed by atoms with Crippen molar-refractivity contribution >= 4 is 5.91 Å². The Balaban J connectivity index is 1.27. The predicted molar refractivity (Wildman–Crippen MR) is 110 cm³/mol. The lowest BCUT2D eigenvalue weighted by atomic mass is 9.74. The molecule has 2 aromatic heterocycles. The van der Waals surface area contributed by atoms with Crippen LogP contribution in [0.15, 0.2) is 53.1 Å². The van der Waals surface area contributed by atoms with Crippen LogP contribution in [0.4, 0.5) is 4.39 Å². The highest BCUT2D eigenvalue weighted by atomic mass is 19.1. The molecule has 0 radical (unpaired) electrons. The maximum absolute atomic E-state index is 13.2. The normalized spacial score (nSPS) is 25.4. The Hall–Kier alpha value is -2.93. The molecule has 6 rings (SSSR count). The molecule has 2 bridgehead atoms. The molecule has 1 amide bonds. The van der Waals surface area contributed by atoms with Crippen LogP contribution < -0.4 is 5.32 Å². The van der Waals surface area contributed by atoms with Crippen LogP contribution in [-0.2, 0) is 7.05 Å². The van der Waals surface area contributed by atoms with Crippen LogP contribution >= 0.6 is 0 Å². The monoisotopic (exact) mass is 408 g/mol. The van der Waals surface area contributed by atoms with E-state index >= 15 is 0 Å². The van der Waals surface area contributed by atoms with E-state index in [-0.39, 0.29) is 11.7 Å². The molecule has 3 saturated heterocycles. The van der Waals surface area contributed by atoms with E-state index < -0.39 is 0 Å². The summed E-state index contributed by atoms with van der Waals surface area (Å²) >= 11 is 0. The number of nitrogens with one attached hydrogen (secondary N) is 1. The minimum absolute atomic E-state index is 0.158. The lowest BCUT2D eigenvalue weighted by Crippen LogP contribution is -2.56. The lowest BCUT2D eigenvalue weighted by Gasteiger charge is -2.49. The number of benzene rings is 1. The van der Waals surface area contributed by atoms with Crippen LogP contribution in [0.25, 0.3) is 11.3 Å². The number of rotatable bonds is 5. The van der Waals surface area contributed by atoms with E-state index in [0.717, 1.165) is 37.2 Å². The zero-order valence-corrected chi connectivity index (χ0v) is 16.9. The van der Waals surface area contributed by atoms with Gasteiger partial charge < -0.3 is 9.73 Å². The zero-order chi connectivity index (χ0) is 20.7. The molecule has 4 unspecified atom stereocenters. The maximum atomic E-state index is 13.2. The molecular formula is C23H25FN4O2. The number of carbonyl (C=O) groups is 1. The summed E-state index contributed by atoms with van der Waals surface area (Å²) in [6.07, 6.45) is 3.73. The summed E-state index contributed by atoms with van der Waals surface area (Å²) in [5.41, 5.74) is 3.03. The Kier molecular flexibility index (Phi) is 4.90. The average molecular weight is 408 g/mol. The highest BCUT2D eigenvalue weighted by Crippen LogP contribution is 2.42. The van der Waals surface area contributed by atoms with Crippen LogP contribution in [0, 0.1) is 11.7 Å². The Morgan fingerprint density at radius 1 is 1.30 bits per heavy atom. The van der Waals surface area contributed by atoms with E-state index in [0.29, 0.717) is 30.2 Å². The van der Waals surface area contributed by atoms with Gasteiger partial charge in [0.2, 0.25) is 0 Å². The van der Waals surface area contributed by atoms with E-state index in [1.165, 1.54) is 24.1 Å². The van der Waals surface area contributed by atoms with Gasteiger partial charge in [0.15, 0.2) is 5.76 Å². The summed E-state index contributed by atoms with van der Waals surface area (Å²) in [6.45, 7) is 2.66. The van der Waals surface area contributed by atoms with Gasteiger partial charge >= 0.3 is 0 Å². The summed E-state index contributed by atoms with van der Waals surface area (Å²) in [4.78, 5) is 14.7. The first kappa shape index (κ1) is 19.1. The van der Waals surface area contributed by atoms with Crippen molar-refractivity contribution in [2.75, 3.05) is 19.6 Å². The van der Waals surface area contributed by atoms with Gasteiger partial charge in [-0.2, -0.15) is 5.10 Å². The van der Waals surface area contributed by atoms with Gasteiger partial charge in [0.05, 0.1) is 12.0 Å². The molecule has 5 heterocycles. The van der Waals surface area contributed by atoms with Gasteiger partial charge in [0.1, 0.15) is 5.82 Å². The fourth-order valence-electron chi connectivity index (χ4n) is 4.98. The van der Waals surface area contributed by atoms with Crippen LogP contribution in [0.3, 0.4) is 0 Å². The van der Waals surface area contributed by atoms with E-state index in [1.54, 1.807) is 24.3 Å². The van der Waals surface area contributed by atoms with E-state index in [4.69, 9.17) is 4.42 Å². The average Bonchev–Trinajstić information content (AvgIpc) is 3.43. The van der Waals surface area contributed by atoms with Crippen molar-refractivity contribution in [3.8, 4) is 11.3 Å². The van der Waals surface area contributed by atoms with Gasteiger partial charge in [-0.25, -0.2) is 4.39 Å². The number of hydrogen-bond acceptors (Lipinski definition) is 4. The quantitative estimate of drug-likeness (QED) is 0.703. The first-order valence-corrected chi connectivity index (χ1v) is 10.4. The molecule has 6 nitrogen and oxygen atoms in total. The molecule has 30 heavy (non-hydrogen) atoms. The van der Waals surface area contributed by atoms with Crippen LogP contribution in [0.2, 0.25) is 0 Å². The van der Waals surface area contributed by atoms with E-state index in [1.807, 2.05) is 11.7 Å². The molecule has 4 atom stereocenters. The Labute approximate surface area is 174 Å². The van der Waals surface area contributed by atoms with Gasteiger partial charge in [-0.15, -0.1) is 0 Å². The highest BCUT2D eigenvalue weighted by molar-refractivity contribution is 5.91. The van der Waals surface area contributed by atoms with Gasteiger partial charge in [0, 0.05) is 43.4 Å². The fraction of sp³-hybridized carbons (Fsp3) is 0.391. The SMILES string of the molecule is Cn1nc(-c2ccc(F)cc2)cc1C1CN2CCC1CC2CNC(=O)c1ccco1. The second kappa shape index (κ2) is 7.72. The molecule has 156 valence electrons. The van der Waals surface area contributed by atoms with Gasteiger partial charge in [-0.3, -0.25) is 14.4 Å². The van der Waals surface area contributed by atoms with Crippen LogP contribution in [-0.4, -0.2) is 46.3 Å². The third-order valence-electron chi connectivity index (χ3n) is 6.56. The molecule has 1 aromatic carbocycles. The molecule has 3 aliphatic rings. The third kappa shape index (κ3) is 3.54. The molecule has 0 spiro atoms. The number of carbonyl (C=O) groups excluding carboxylic acids is 1. The molecular weight excluding hydrogens is 383 g/mol. The number of halogens is 1. The number of aryl methyl sites for hydroxylation is 1. The standard InChI is InChI=1S/C23H25FN4O2/c1-27-21(12-20(26-27)15-4-6-17(24)7-5-15)19-14-28-9-8-16(19)11-18(28)13-25-23(29)22-3-2-10-30-22/h2-7,10,12,16,18-19H,8-9,11,13-14H2,1H3,(H,25,29). The van der Waals surface area contributed by atoms with Crippen molar-refractivity contribution in [1.29, 1.82) is 0 Å². The van der Waals surface area contributed by atoms with Crippen molar-refractivity contribution in [2.24, 2.45) is 13.0 Å². The van der Waals surface area contributed by atoms with Crippen molar-refractivity contribution in [3.63, 3.8) is 0 Å². The van der Waals surface area contributed by atoms with Gasteiger partial charge in [0.25, 0.3) is 5.91 Å². The third-order valence-corrected chi connectivity index (χ3v) is 6.56. The second-order valence-corrected chi connectivity index (χ2v) is 8.31. The van der Waals surface area contributed by atoms with Crippen molar-refractivity contribution in [2.45, 2.75) is 24.8 Å². The van der Waals surface area contributed by atoms with Crippen LogP contribution in [0.1, 0.15) is 35.0 Å². The zero-order valence-electron chi connectivity index (χ0n) is 16.9. The maximum Gasteiger partial charge on any atom is 0.287 e. The van der Waals surface area contributed by atoms with Crippen molar-refractivity contribution in [3.05, 3.63) is 66.0 Å². The summed E-state index contributed by atoms with van der Waals surface area (Å²) in [6, 6.07) is 12.4. The summed E-state index contributed by atoms with van der Waals surface area (Å²) in [5, 5.41) is 7.70. The number of piperidine rings is 3. The molecule has 3 aromatic rings. The largest absolute Gasteiger partial charge is 0.459 e. The number of amides is 1. The van der Waals surface area contributed by atoms with E-state index in [2.05, 4.69) is 21.4 Å². The summed E-state index contributed by atoms with van der Waals surface area (Å²) < 4.78 is 20.4. The summed E-state index contributed by atoms with van der Waals surface area (Å²) in [7, 11) is 1.99. The highest BCUT2D eigenvalue weighted by Gasteiger charge is 2.41. The molecule has 3 fully saturated rings. The lowest BCUT2D eigenvalue weighted by molar-refractivity contribution is 0.0278. The number of fused-ring (bicyclic) bond motifs is 3. The minimum Gasteiger partial charge on any atom is -0.459 e. The molecule has 0 aliphatic carbocycles. The first-order valence-electron chi connectivity index (χ1n) is 10.4. The fourth-order valence-corrected chi connectivity index (χ4v) is 4.98. The number of nitrogens with zero attached hydrogens (tertiary/aromatic N) is 3. The number of furan rings is 1. The minimum atomic E-state index is -0.238. The number of hydrogen-bond donors (Lipinski definition) is 1. The molecule has 0 saturated carbocycles. The van der Waals surface area contributed by atoms with Crippen molar-refractivity contribution < 1.29 is 13.6 Å². The summed E-state index contributed by atoms with van der Waals surface area (Å²) in [5.74, 6) is 0.943. The second-order valence-electron chi connectivity index (χ2n) is 8.31. The molecule has 3 aliphatic heterocycles. The smallest absolute Gasteiger partial charge is 0.287 e. The van der Waals surface area contributed by atoms with E-state index in [9.17, 15) is 9.18 Å². The predicted octanol–water partition coefficient (Wildman–Crippen LogP) is 3.43. The topological polar surface area (TPSA) is 63.3 Å². The molecule has 1 N–H and O–H groups in total. The van der Waals surface area contributed by atoms with Gasteiger partial charge in [-0.1, -0.05) is 0 Å². The Morgan fingerprint density at radius 2 is 2.13 bits per heavy atom. The first-order chi connectivity index (χ1) is 14.6. The Bertz CT molecular complexity index is 1030. The van der Waals surface area contributed by atoms with Gasteiger partial charge in [-0.05, 0) is 67.8 Å². The van der Waals surface area contributed by atoms with Crippen molar-refractivity contribution in [1.82, 2.24) is 20.0 Å². The Morgan fingerprint density at radius 3 is 2.83 bits per heavy atom.